The average molecular weight is 534 g/mol. The molecule has 37 heavy (non-hydrogen) atoms. The van der Waals surface area contributed by atoms with Gasteiger partial charge in [-0.15, -0.1) is 10.2 Å². The second kappa shape index (κ2) is 10.5. The van der Waals surface area contributed by atoms with Gasteiger partial charge in [0.05, 0.1) is 18.7 Å². The lowest BCUT2D eigenvalue weighted by molar-refractivity contribution is -0.132. The lowest BCUT2D eigenvalue weighted by Gasteiger charge is -2.22. The first-order chi connectivity index (χ1) is 18.0. The van der Waals surface area contributed by atoms with Crippen molar-refractivity contribution in [3.8, 4) is 5.75 Å². The molecule has 1 aliphatic heterocycles. The van der Waals surface area contributed by atoms with Crippen LogP contribution in [0.3, 0.4) is 0 Å². The van der Waals surface area contributed by atoms with Crippen LogP contribution >= 0.6 is 23.1 Å². The number of carbonyl (C=O) groups is 2. The Bertz CT molecular complexity index is 1490. The van der Waals surface area contributed by atoms with Crippen LogP contribution in [0.25, 0.3) is 5.76 Å². The summed E-state index contributed by atoms with van der Waals surface area (Å²) in [5, 5.41) is 19.8. The monoisotopic (exact) mass is 533 g/mol. The van der Waals surface area contributed by atoms with Crippen LogP contribution in [0.2, 0.25) is 0 Å². The first-order valence-corrected chi connectivity index (χ1v) is 13.0. The van der Waals surface area contributed by atoms with E-state index in [1.165, 1.54) is 35.9 Å². The molecule has 2 heterocycles. The number of amides is 1. The van der Waals surface area contributed by atoms with Gasteiger partial charge in [0.2, 0.25) is 5.13 Å². The first-order valence-electron chi connectivity index (χ1n) is 11.2. The summed E-state index contributed by atoms with van der Waals surface area (Å²) in [5.41, 5.74) is 1.86. The highest BCUT2D eigenvalue weighted by Crippen LogP contribution is 2.44. The minimum absolute atomic E-state index is 0.0415. The Kier molecular flexibility index (Phi) is 7.02. The van der Waals surface area contributed by atoms with Crippen LogP contribution in [-0.4, -0.2) is 34.1 Å². The summed E-state index contributed by atoms with van der Waals surface area (Å²) in [7, 11) is 1.52. The van der Waals surface area contributed by atoms with Gasteiger partial charge in [-0.1, -0.05) is 77.7 Å². The zero-order chi connectivity index (χ0) is 25.9. The fraction of sp³-hybridized carbons (Fsp3) is 0.111. The molecule has 1 N–H and O–H groups in total. The lowest BCUT2D eigenvalue weighted by Crippen LogP contribution is -2.29. The lowest BCUT2D eigenvalue weighted by atomic mass is 9.95. The van der Waals surface area contributed by atoms with Crippen molar-refractivity contribution in [2.75, 3.05) is 12.0 Å². The molecular weight excluding hydrogens is 513 g/mol. The number of ketones is 1. The largest absolute Gasteiger partial charge is 0.507 e. The molecule has 1 unspecified atom stereocenters. The Hall–Kier alpha value is -4.02. The van der Waals surface area contributed by atoms with E-state index in [2.05, 4.69) is 10.2 Å². The van der Waals surface area contributed by atoms with Gasteiger partial charge in [-0.05, 0) is 35.4 Å². The van der Waals surface area contributed by atoms with Gasteiger partial charge in [0.25, 0.3) is 5.78 Å². The van der Waals surface area contributed by atoms with Gasteiger partial charge in [0, 0.05) is 11.3 Å². The maximum Gasteiger partial charge on any atom is 0.301 e. The summed E-state index contributed by atoms with van der Waals surface area (Å²) in [6.07, 6.45) is 0. The molecule has 0 saturated carbocycles. The molecule has 1 saturated heterocycles. The number of benzene rings is 3. The summed E-state index contributed by atoms with van der Waals surface area (Å²) < 4.78 is 19.1. The highest BCUT2D eigenvalue weighted by Gasteiger charge is 2.48. The number of rotatable bonds is 7. The normalized spacial score (nSPS) is 16.8. The highest BCUT2D eigenvalue weighted by molar-refractivity contribution is 8.00. The Morgan fingerprint density at radius 3 is 2.54 bits per heavy atom. The number of carbonyl (C=O) groups excluding carboxylic acids is 2. The van der Waals surface area contributed by atoms with E-state index in [0.717, 1.165) is 16.9 Å². The molecule has 7 nitrogen and oxygen atoms in total. The van der Waals surface area contributed by atoms with Crippen LogP contribution in [0, 0.1) is 5.82 Å². The summed E-state index contributed by atoms with van der Waals surface area (Å²) in [6, 6.07) is 20.8. The van der Waals surface area contributed by atoms with Crippen LogP contribution in [0.15, 0.2) is 88.8 Å². The Morgan fingerprint density at radius 1 is 1.05 bits per heavy atom. The standard InChI is InChI=1S/C27H20FN3O4S2/c1-35-20-9-5-8-18(14-20)22-21(23(32)17-6-3-2-4-7-17)24(33)25(34)31(22)26-29-30-27(37-26)36-15-16-10-12-19(28)13-11-16/h2-14,22,32H,15H2,1H3/b23-21-. The fourth-order valence-electron chi connectivity index (χ4n) is 3.99. The minimum atomic E-state index is -0.932. The summed E-state index contributed by atoms with van der Waals surface area (Å²) >= 11 is 2.55. The second-order valence-corrected chi connectivity index (χ2v) is 10.3. The number of nitrogens with zero attached hydrogens (tertiary/aromatic N) is 3. The van der Waals surface area contributed by atoms with Crippen molar-refractivity contribution in [1.29, 1.82) is 0 Å². The van der Waals surface area contributed by atoms with Crippen molar-refractivity contribution in [1.82, 2.24) is 10.2 Å². The predicted octanol–water partition coefficient (Wildman–Crippen LogP) is 5.60. The molecule has 1 aliphatic rings. The molecule has 10 heteroatoms. The quantitative estimate of drug-likeness (QED) is 0.109. The topological polar surface area (TPSA) is 92.6 Å². The van der Waals surface area contributed by atoms with Gasteiger partial charge in [-0.3, -0.25) is 14.5 Å². The second-order valence-electron chi connectivity index (χ2n) is 8.08. The number of anilines is 1. The van der Waals surface area contributed by atoms with Crippen molar-refractivity contribution in [3.63, 3.8) is 0 Å². The first kappa shape index (κ1) is 24.7. The highest BCUT2D eigenvalue weighted by atomic mass is 32.2. The van der Waals surface area contributed by atoms with E-state index in [1.54, 1.807) is 66.7 Å². The van der Waals surface area contributed by atoms with Crippen LogP contribution in [0.4, 0.5) is 9.52 Å². The number of ether oxygens (including phenoxy) is 1. The van der Waals surface area contributed by atoms with Crippen molar-refractivity contribution >= 4 is 45.7 Å². The van der Waals surface area contributed by atoms with Crippen molar-refractivity contribution in [2.24, 2.45) is 0 Å². The van der Waals surface area contributed by atoms with Crippen LogP contribution in [-0.2, 0) is 15.3 Å². The van der Waals surface area contributed by atoms with E-state index in [9.17, 15) is 19.1 Å². The number of Topliss-reactive ketones (excluding diaryl/α,β-unsaturated/α-hetero) is 1. The van der Waals surface area contributed by atoms with E-state index in [4.69, 9.17) is 4.74 Å². The Morgan fingerprint density at radius 2 is 1.81 bits per heavy atom. The number of aromatic nitrogens is 2. The zero-order valence-electron chi connectivity index (χ0n) is 19.5. The number of aliphatic hydroxyl groups is 1. The molecule has 186 valence electrons. The molecule has 0 bridgehead atoms. The molecule has 4 aromatic rings. The number of methoxy groups -OCH3 is 1. The summed E-state index contributed by atoms with van der Waals surface area (Å²) in [4.78, 5) is 27.8. The molecule has 1 fully saturated rings. The molecule has 1 atom stereocenters. The third-order valence-electron chi connectivity index (χ3n) is 5.78. The number of hydrogen-bond donors (Lipinski definition) is 1. The summed E-state index contributed by atoms with van der Waals surface area (Å²) in [5.74, 6) is -1.14. The van der Waals surface area contributed by atoms with E-state index < -0.39 is 17.7 Å². The molecule has 5 rings (SSSR count). The number of aliphatic hydroxyl groups excluding tert-OH is 1. The number of hydrogen-bond acceptors (Lipinski definition) is 8. The van der Waals surface area contributed by atoms with Gasteiger partial charge < -0.3 is 9.84 Å². The maximum atomic E-state index is 13.3. The van der Waals surface area contributed by atoms with Crippen molar-refractivity contribution < 1.29 is 23.8 Å². The third-order valence-corrected chi connectivity index (χ3v) is 7.91. The van der Waals surface area contributed by atoms with E-state index in [-0.39, 0.29) is 22.3 Å². The van der Waals surface area contributed by atoms with Gasteiger partial charge in [0.15, 0.2) is 4.34 Å². The van der Waals surface area contributed by atoms with Gasteiger partial charge >= 0.3 is 5.91 Å². The van der Waals surface area contributed by atoms with Gasteiger partial charge in [-0.25, -0.2) is 4.39 Å². The van der Waals surface area contributed by atoms with Crippen LogP contribution in [0.1, 0.15) is 22.7 Å². The molecule has 0 aliphatic carbocycles. The molecule has 0 spiro atoms. The van der Waals surface area contributed by atoms with Crippen LogP contribution < -0.4 is 9.64 Å². The molecule has 1 aromatic heterocycles. The van der Waals surface area contributed by atoms with E-state index in [0.29, 0.717) is 27.0 Å². The maximum absolute atomic E-state index is 13.3. The smallest absolute Gasteiger partial charge is 0.301 e. The number of thioether (sulfide) groups is 1. The van der Waals surface area contributed by atoms with Crippen molar-refractivity contribution in [2.45, 2.75) is 16.1 Å². The molecule has 3 aromatic carbocycles. The zero-order valence-corrected chi connectivity index (χ0v) is 21.1. The average Bonchev–Trinajstić information content (AvgIpc) is 3.50. The minimum Gasteiger partial charge on any atom is -0.507 e. The molecular formula is C27H20FN3O4S2. The third kappa shape index (κ3) is 4.98. The SMILES string of the molecule is COc1cccc(C2/C(=C(/O)c3ccccc3)C(=O)C(=O)N2c2nnc(SCc3ccc(F)cc3)s2)c1. The number of halogens is 1. The fourth-order valence-corrected chi connectivity index (χ4v) is 5.82. The summed E-state index contributed by atoms with van der Waals surface area (Å²) in [6.45, 7) is 0. The van der Waals surface area contributed by atoms with Gasteiger partial charge in [-0.2, -0.15) is 0 Å². The van der Waals surface area contributed by atoms with Crippen molar-refractivity contribution in [3.05, 3.63) is 107 Å². The Labute approximate surface area is 220 Å². The molecule has 0 radical (unpaired) electrons. The molecule has 1 amide bonds. The van der Waals surface area contributed by atoms with Crippen LogP contribution in [0.5, 0.6) is 5.75 Å². The predicted molar refractivity (Wildman–Crippen MR) is 140 cm³/mol. The Balaban J connectivity index is 1.54. The van der Waals surface area contributed by atoms with E-state index >= 15 is 0 Å². The van der Waals surface area contributed by atoms with Gasteiger partial charge in [0.1, 0.15) is 17.3 Å². The van der Waals surface area contributed by atoms with E-state index in [1.807, 2.05) is 0 Å².